The van der Waals surface area contributed by atoms with Crippen LogP contribution in [0.25, 0.3) is 0 Å². The Hall–Kier alpha value is -2.95. The SMILES string of the molecule is CN(C(=O)c1ccccn1)[C@@H](Cc1ccccc1)C1CCN(C(=O)C2=CCCC2)CC1. The smallest absolute Gasteiger partial charge is 0.272 e. The van der Waals surface area contributed by atoms with Gasteiger partial charge in [-0.2, -0.15) is 0 Å². The van der Waals surface area contributed by atoms with Gasteiger partial charge in [-0.15, -0.1) is 0 Å². The van der Waals surface area contributed by atoms with E-state index in [1.165, 1.54) is 5.56 Å². The number of piperidine rings is 1. The average Bonchev–Trinajstić information content (AvgIpc) is 3.38. The van der Waals surface area contributed by atoms with Crippen molar-refractivity contribution in [3.8, 4) is 0 Å². The molecule has 2 aromatic rings. The summed E-state index contributed by atoms with van der Waals surface area (Å²) in [7, 11) is 1.89. The molecular weight excluding hydrogens is 386 g/mol. The number of carbonyl (C=O) groups is 2. The van der Waals surface area contributed by atoms with Crippen molar-refractivity contribution in [2.75, 3.05) is 20.1 Å². The van der Waals surface area contributed by atoms with Crippen molar-refractivity contribution in [3.63, 3.8) is 0 Å². The van der Waals surface area contributed by atoms with Gasteiger partial charge in [-0.05, 0) is 62.1 Å². The Bertz CT molecular complexity index is 918. The number of rotatable bonds is 6. The molecule has 0 radical (unpaired) electrons. The van der Waals surface area contributed by atoms with Gasteiger partial charge in [0.2, 0.25) is 5.91 Å². The molecule has 1 aliphatic heterocycles. The van der Waals surface area contributed by atoms with E-state index in [0.717, 1.165) is 57.2 Å². The van der Waals surface area contributed by atoms with Gasteiger partial charge in [0.25, 0.3) is 5.91 Å². The summed E-state index contributed by atoms with van der Waals surface area (Å²) in [5.74, 6) is 0.518. The van der Waals surface area contributed by atoms with Crippen molar-refractivity contribution in [2.24, 2.45) is 5.92 Å². The summed E-state index contributed by atoms with van der Waals surface area (Å²) in [6.07, 6.45) is 9.43. The number of carbonyl (C=O) groups excluding carboxylic acids is 2. The van der Waals surface area contributed by atoms with Crippen LogP contribution in [0, 0.1) is 5.92 Å². The summed E-state index contributed by atoms with van der Waals surface area (Å²) in [4.78, 5) is 34.1. The highest BCUT2D eigenvalue weighted by Crippen LogP contribution is 2.29. The summed E-state index contributed by atoms with van der Waals surface area (Å²) >= 11 is 0. The molecule has 1 aliphatic carbocycles. The Morgan fingerprint density at radius 2 is 1.84 bits per heavy atom. The number of likely N-dealkylation sites (tertiary alicyclic amines) is 1. The second-order valence-electron chi connectivity index (χ2n) is 8.64. The van der Waals surface area contributed by atoms with Gasteiger partial charge in [-0.25, -0.2) is 0 Å². The second kappa shape index (κ2) is 9.90. The normalized spacial score (nSPS) is 17.8. The standard InChI is InChI=1S/C26H31N3O2/c1-28(26(31)23-13-7-8-16-27-23)24(19-20-9-3-2-4-10-20)21-14-17-29(18-15-21)25(30)22-11-5-6-12-22/h2-4,7-11,13,16,21,24H,5-6,12,14-15,17-19H2,1H3/t24-/m0/s1. The monoisotopic (exact) mass is 417 g/mol. The molecule has 1 fully saturated rings. The zero-order valence-corrected chi connectivity index (χ0v) is 18.2. The third-order valence-electron chi connectivity index (χ3n) is 6.68. The molecule has 5 heteroatoms. The Morgan fingerprint density at radius 1 is 1.10 bits per heavy atom. The predicted molar refractivity (Wildman–Crippen MR) is 122 cm³/mol. The van der Waals surface area contributed by atoms with Crippen LogP contribution in [-0.2, 0) is 11.2 Å². The van der Waals surface area contributed by atoms with Gasteiger partial charge >= 0.3 is 0 Å². The van der Waals surface area contributed by atoms with Crippen molar-refractivity contribution >= 4 is 11.8 Å². The molecule has 0 unspecified atom stereocenters. The van der Waals surface area contributed by atoms with Crippen LogP contribution >= 0.6 is 0 Å². The zero-order chi connectivity index (χ0) is 21.6. The number of hydrogen-bond donors (Lipinski definition) is 0. The molecule has 0 spiro atoms. The first kappa shape index (κ1) is 21.3. The van der Waals surface area contributed by atoms with E-state index in [0.29, 0.717) is 11.6 Å². The van der Waals surface area contributed by atoms with Crippen molar-refractivity contribution in [3.05, 3.63) is 77.6 Å². The van der Waals surface area contributed by atoms with Crippen LogP contribution in [0.5, 0.6) is 0 Å². The van der Waals surface area contributed by atoms with Crippen LogP contribution in [-0.4, -0.2) is 52.8 Å². The molecule has 162 valence electrons. The molecule has 1 aromatic heterocycles. The number of hydrogen-bond acceptors (Lipinski definition) is 3. The van der Waals surface area contributed by atoms with Gasteiger partial charge in [-0.1, -0.05) is 42.5 Å². The third kappa shape index (κ3) is 5.04. The zero-order valence-electron chi connectivity index (χ0n) is 18.2. The highest BCUT2D eigenvalue weighted by atomic mass is 16.2. The summed E-state index contributed by atoms with van der Waals surface area (Å²) < 4.78 is 0. The maximum Gasteiger partial charge on any atom is 0.272 e. The minimum atomic E-state index is -0.0452. The van der Waals surface area contributed by atoms with Crippen LogP contribution in [0.15, 0.2) is 66.4 Å². The number of benzene rings is 1. The Labute approximate surface area is 184 Å². The van der Waals surface area contributed by atoms with E-state index < -0.39 is 0 Å². The molecule has 1 aromatic carbocycles. The van der Waals surface area contributed by atoms with Gasteiger partial charge in [0.1, 0.15) is 5.69 Å². The number of pyridine rings is 1. The molecule has 5 nitrogen and oxygen atoms in total. The molecule has 0 N–H and O–H groups in total. The number of nitrogens with zero attached hydrogens (tertiary/aromatic N) is 3. The van der Waals surface area contributed by atoms with Crippen LogP contribution < -0.4 is 0 Å². The first-order valence-electron chi connectivity index (χ1n) is 11.3. The van der Waals surface area contributed by atoms with E-state index in [4.69, 9.17) is 0 Å². The molecule has 2 aliphatic rings. The molecule has 0 saturated carbocycles. The summed E-state index contributed by atoms with van der Waals surface area (Å²) in [6.45, 7) is 1.52. The quantitative estimate of drug-likeness (QED) is 0.711. The van der Waals surface area contributed by atoms with Gasteiger partial charge < -0.3 is 9.80 Å². The van der Waals surface area contributed by atoms with Gasteiger partial charge in [0.15, 0.2) is 0 Å². The topological polar surface area (TPSA) is 53.5 Å². The Kier molecular flexibility index (Phi) is 6.80. The second-order valence-corrected chi connectivity index (χ2v) is 8.64. The lowest BCUT2D eigenvalue weighted by Gasteiger charge is -2.40. The van der Waals surface area contributed by atoms with E-state index in [2.05, 4.69) is 23.2 Å². The molecular formula is C26H31N3O2. The highest BCUT2D eigenvalue weighted by Gasteiger charge is 2.34. The van der Waals surface area contributed by atoms with E-state index >= 15 is 0 Å². The first-order valence-corrected chi connectivity index (χ1v) is 11.3. The van der Waals surface area contributed by atoms with Crippen molar-refractivity contribution in [2.45, 2.75) is 44.6 Å². The molecule has 1 atom stereocenters. The lowest BCUT2D eigenvalue weighted by Crippen LogP contribution is -2.48. The Balaban J connectivity index is 1.48. The molecule has 0 bridgehead atoms. The van der Waals surface area contributed by atoms with Gasteiger partial charge in [0, 0.05) is 37.9 Å². The number of allylic oxidation sites excluding steroid dienone is 1. The summed E-state index contributed by atoms with van der Waals surface area (Å²) in [5, 5.41) is 0. The molecule has 2 amide bonds. The molecule has 4 rings (SSSR count). The molecule has 1 saturated heterocycles. The first-order chi connectivity index (χ1) is 15.1. The lowest BCUT2D eigenvalue weighted by atomic mass is 9.84. The van der Waals surface area contributed by atoms with Crippen LogP contribution in [0.4, 0.5) is 0 Å². The number of likely N-dealkylation sites (N-methyl/N-ethyl adjacent to an activating group) is 1. The maximum atomic E-state index is 13.2. The van der Waals surface area contributed by atoms with E-state index in [9.17, 15) is 9.59 Å². The van der Waals surface area contributed by atoms with Crippen LogP contribution in [0.2, 0.25) is 0 Å². The van der Waals surface area contributed by atoms with Crippen LogP contribution in [0.3, 0.4) is 0 Å². The van der Waals surface area contributed by atoms with Gasteiger partial charge in [-0.3, -0.25) is 14.6 Å². The predicted octanol–water partition coefficient (Wildman–Crippen LogP) is 4.11. The molecule has 2 heterocycles. The minimum Gasteiger partial charge on any atom is -0.339 e. The highest BCUT2D eigenvalue weighted by molar-refractivity contribution is 5.94. The maximum absolute atomic E-state index is 13.2. The number of aromatic nitrogens is 1. The fourth-order valence-electron chi connectivity index (χ4n) is 4.85. The van der Waals surface area contributed by atoms with Crippen molar-refractivity contribution in [1.29, 1.82) is 0 Å². The Morgan fingerprint density at radius 3 is 2.48 bits per heavy atom. The van der Waals surface area contributed by atoms with Crippen molar-refractivity contribution < 1.29 is 9.59 Å². The van der Waals surface area contributed by atoms with Gasteiger partial charge in [0.05, 0.1) is 0 Å². The number of amides is 2. The fourth-order valence-corrected chi connectivity index (χ4v) is 4.85. The third-order valence-corrected chi connectivity index (χ3v) is 6.68. The summed E-state index contributed by atoms with van der Waals surface area (Å²) in [6, 6.07) is 15.9. The lowest BCUT2D eigenvalue weighted by molar-refractivity contribution is -0.128. The van der Waals surface area contributed by atoms with Crippen molar-refractivity contribution in [1.82, 2.24) is 14.8 Å². The minimum absolute atomic E-state index is 0.0452. The summed E-state index contributed by atoms with van der Waals surface area (Å²) in [5.41, 5.74) is 2.69. The van der Waals surface area contributed by atoms with E-state index in [1.807, 2.05) is 47.2 Å². The largest absolute Gasteiger partial charge is 0.339 e. The van der Waals surface area contributed by atoms with E-state index in [1.54, 1.807) is 12.3 Å². The van der Waals surface area contributed by atoms with Crippen LogP contribution in [0.1, 0.15) is 48.2 Å². The average molecular weight is 418 g/mol. The fraction of sp³-hybridized carbons (Fsp3) is 0.423. The van der Waals surface area contributed by atoms with E-state index in [-0.39, 0.29) is 17.9 Å². The molecule has 31 heavy (non-hydrogen) atoms.